The third kappa shape index (κ3) is 4.12. The molecule has 1 amide bonds. The zero-order chi connectivity index (χ0) is 21.4. The van der Waals surface area contributed by atoms with Crippen LogP contribution in [-0.4, -0.2) is 68.8 Å². The van der Waals surface area contributed by atoms with Gasteiger partial charge < -0.3 is 15.1 Å². The first-order valence-electron chi connectivity index (χ1n) is 10.0. The molecule has 9 nitrogen and oxygen atoms in total. The molecule has 31 heavy (non-hydrogen) atoms. The molecule has 0 bridgehead atoms. The fraction of sp³-hybridized carbons (Fsp3) is 0.286. The van der Waals surface area contributed by atoms with Gasteiger partial charge in [0, 0.05) is 62.1 Å². The SMILES string of the molecule is CN1CCN(c2ncc(C(=O)Nc3cc4cc(-c5cnn(C)c5)cnc4cn3)s2)CC1. The van der Waals surface area contributed by atoms with Crippen molar-refractivity contribution in [3.63, 3.8) is 0 Å². The van der Waals surface area contributed by atoms with Crippen LogP contribution in [0.4, 0.5) is 10.9 Å². The number of rotatable bonds is 4. The van der Waals surface area contributed by atoms with Crippen molar-refractivity contribution in [2.24, 2.45) is 7.05 Å². The largest absolute Gasteiger partial charge is 0.346 e. The lowest BCUT2D eigenvalue weighted by atomic mass is 10.1. The highest BCUT2D eigenvalue weighted by Gasteiger charge is 2.19. The Bertz CT molecular complexity index is 1240. The maximum Gasteiger partial charge on any atom is 0.268 e. The summed E-state index contributed by atoms with van der Waals surface area (Å²) in [5.74, 6) is 0.276. The zero-order valence-electron chi connectivity index (χ0n) is 17.3. The van der Waals surface area contributed by atoms with Gasteiger partial charge in [0.15, 0.2) is 5.13 Å². The second-order valence-electron chi connectivity index (χ2n) is 7.64. The van der Waals surface area contributed by atoms with Gasteiger partial charge in [-0.2, -0.15) is 5.10 Å². The normalized spacial score (nSPS) is 14.8. The minimum Gasteiger partial charge on any atom is -0.346 e. The number of fused-ring (bicyclic) bond motifs is 1. The Kier molecular flexibility index (Phi) is 5.08. The Morgan fingerprint density at radius 3 is 2.58 bits per heavy atom. The first kappa shape index (κ1) is 19.6. The molecule has 10 heteroatoms. The first-order valence-corrected chi connectivity index (χ1v) is 10.8. The molecule has 0 atom stereocenters. The van der Waals surface area contributed by atoms with Crippen molar-refractivity contribution in [1.82, 2.24) is 29.6 Å². The van der Waals surface area contributed by atoms with Crippen LogP contribution in [0.2, 0.25) is 0 Å². The van der Waals surface area contributed by atoms with Crippen LogP contribution in [0.5, 0.6) is 0 Å². The number of hydrogen-bond donors (Lipinski definition) is 1. The van der Waals surface area contributed by atoms with Gasteiger partial charge in [-0.3, -0.25) is 14.5 Å². The molecule has 5 rings (SSSR count). The number of likely N-dealkylation sites (N-methyl/N-ethyl adjacent to an activating group) is 1. The molecule has 5 heterocycles. The van der Waals surface area contributed by atoms with Gasteiger partial charge in [-0.05, 0) is 19.2 Å². The molecule has 0 aliphatic carbocycles. The number of hydrogen-bond acceptors (Lipinski definition) is 8. The number of amides is 1. The summed E-state index contributed by atoms with van der Waals surface area (Å²) in [7, 11) is 3.99. The molecule has 0 radical (unpaired) electrons. The minimum absolute atomic E-state index is 0.207. The van der Waals surface area contributed by atoms with Crippen LogP contribution in [-0.2, 0) is 7.05 Å². The summed E-state index contributed by atoms with van der Waals surface area (Å²) in [6.07, 6.45) is 8.84. The van der Waals surface area contributed by atoms with Crippen LogP contribution >= 0.6 is 11.3 Å². The van der Waals surface area contributed by atoms with Crippen molar-refractivity contribution in [2.75, 3.05) is 43.4 Å². The van der Waals surface area contributed by atoms with Crippen molar-refractivity contribution in [3.05, 3.63) is 48.0 Å². The van der Waals surface area contributed by atoms with E-state index in [0.29, 0.717) is 10.7 Å². The molecule has 0 unspecified atom stereocenters. The molecule has 1 saturated heterocycles. The molecular formula is C21H22N8OS. The van der Waals surface area contributed by atoms with Gasteiger partial charge in [0.25, 0.3) is 5.91 Å². The molecule has 158 valence electrons. The number of nitrogens with one attached hydrogen (secondary N) is 1. The molecule has 4 aromatic rings. The van der Waals surface area contributed by atoms with Gasteiger partial charge in [0.2, 0.25) is 0 Å². The topological polar surface area (TPSA) is 92.1 Å². The van der Waals surface area contributed by atoms with E-state index in [4.69, 9.17) is 0 Å². The third-order valence-corrected chi connectivity index (χ3v) is 6.40. The number of thiazole rings is 1. The van der Waals surface area contributed by atoms with E-state index >= 15 is 0 Å². The minimum atomic E-state index is -0.207. The van der Waals surface area contributed by atoms with Gasteiger partial charge in [-0.15, -0.1) is 0 Å². The van der Waals surface area contributed by atoms with Crippen LogP contribution in [0.25, 0.3) is 22.0 Å². The highest BCUT2D eigenvalue weighted by Crippen LogP contribution is 2.26. The highest BCUT2D eigenvalue weighted by atomic mass is 32.1. The Balaban J connectivity index is 1.33. The van der Waals surface area contributed by atoms with Gasteiger partial charge in [0.05, 0.1) is 24.1 Å². The molecule has 1 fully saturated rings. The van der Waals surface area contributed by atoms with Crippen molar-refractivity contribution in [2.45, 2.75) is 0 Å². The average molecular weight is 435 g/mol. The Labute approximate surface area is 183 Å². The van der Waals surface area contributed by atoms with Gasteiger partial charge in [0.1, 0.15) is 10.7 Å². The van der Waals surface area contributed by atoms with E-state index < -0.39 is 0 Å². The molecule has 0 saturated carbocycles. The maximum absolute atomic E-state index is 12.8. The number of carbonyl (C=O) groups is 1. The molecule has 4 aromatic heterocycles. The average Bonchev–Trinajstić information content (AvgIpc) is 3.43. The van der Waals surface area contributed by atoms with E-state index in [1.165, 1.54) is 11.3 Å². The fourth-order valence-electron chi connectivity index (χ4n) is 3.52. The number of pyridine rings is 2. The molecule has 1 N–H and O–H groups in total. The lowest BCUT2D eigenvalue weighted by Gasteiger charge is -2.32. The Morgan fingerprint density at radius 2 is 1.81 bits per heavy atom. The molecule has 1 aliphatic heterocycles. The number of anilines is 2. The van der Waals surface area contributed by atoms with Crippen molar-refractivity contribution in [1.29, 1.82) is 0 Å². The smallest absolute Gasteiger partial charge is 0.268 e. The van der Waals surface area contributed by atoms with E-state index in [0.717, 1.165) is 53.3 Å². The van der Waals surface area contributed by atoms with Gasteiger partial charge >= 0.3 is 0 Å². The standard InChI is InChI=1S/C21H22N8OS/c1-27-3-5-29(6-4-27)21-24-12-18(31-21)20(30)26-19-8-14-7-15(9-22-17(14)11-23-19)16-10-25-28(2)13-16/h7-13H,3-6H2,1-2H3,(H,23,26,30). The summed E-state index contributed by atoms with van der Waals surface area (Å²) in [6.45, 7) is 3.83. The number of piperazine rings is 1. The Morgan fingerprint density at radius 1 is 0.968 bits per heavy atom. The third-order valence-electron chi connectivity index (χ3n) is 5.34. The van der Waals surface area contributed by atoms with Gasteiger partial charge in [-0.1, -0.05) is 11.3 Å². The highest BCUT2D eigenvalue weighted by molar-refractivity contribution is 7.17. The predicted octanol–water partition coefficient (Wildman–Crippen LogP) is 2.49. The second kappa shape index (κ2) is 8.05. The second-order valence-corrected chi connectivity index (χ2v) is 8.65. The predicted molar refractivity (Wildman–Crippen MR) is 122 cm³/mol. The quantitative estimate of drug-likeness (QED) is 0.528. The number of aryl methyl sites for hydroxylation is 1. The van der Waals surface area contributed by atoms with E-state index in [1.54, 1.807) is 29.5 Å². The monoisotopic (exact) mass is 434 g/mol. The molecular weight excluding hydrogens is 412 g/mol. The number of nitrogens with zero attached hydrogens (tertiary/aromatic N) is 7. The summed E-state index contributed by atoms with van der Waals surface area (Å²) in [5.41, 5.74) is 2.71. The van der Waals surface area contributed by atoms with Crippen LogP contribution in [0.3, 0.4) is 0 Å². The summed E-state index contributed by atoms with van der Waals surface area (Å²) in [5, 5.41) is 8.88. The van der Waals surface area contributed by atoms with Crippen molar-refractivity contribution >= 4 is 39.1 Å². The summed E-state index contributed by atoms with van der Waals surface area (Å²) < 4.78 is 1.75. The van der Waals surface area contributed by atoms with E-state index in [-0.39, 0.29) is 5.91 Å². The van der Waals surface area contributed by atoms with E-state index in [2.05, 4.69) is 42.2 Å². The summed E-state index contributed by atoms with van der Waals surface area (Å²) in [4.78, 5) is 31.1. The van der Waals surface area contributed by atoms with Crippen LogP contribution in [0.15, 0.2) is 43.1 Å². The van der Waals surface area contributed by atoms with Gasteiger partial charge in [-0.25, -0.2) is 9.97 Å². The lowest BCUT2D eigenvalue weighted by molar-refractivity contribution is 0.103. The number of carbonyl (C=O) groups excluding carboxylic acids is 1. The maximum atomic E-state index is 12.8. The molecule has 0 spiro atoms. The van der Waals surface area contributed by atoms with Crippen LogP contribution in [0, 0.1) is 0 Å². The fourth-order valence-corrected chi connectivity index (χ4v) is 4.38. The summed E-state index contributed by atoms with van der Waals surface area (Å²) in [6, 6.07) is 3.86. The first-order chi connectivity index (χ1) is 15.0. The van der Waals surface area contributed by atoms with E-state index in [9.17, 15) is 4.79 Å². The van der Waals surface area contributed by atoms with Crippen LogP contribution in [0.1, 0.15) is 9.67 Å². The zero-order valence-corrected chi connectivity index (χ0v) is 18.1. The number of aromatic nitrogens is 5. The Hall–Kier alpha value is -3.37. The van der Waals surface area contributed by atoms with Crippen molar-refractivity contribution < 1.29 is 4.79 Å². The lowest BCUT2D eigenvalue weighted by Crippen LogP contribution is -2.44. The van der Waals surface area contributed by atoms with E-state index in [1.807, 2.05) is 25.4 Å². The molecule has 0 aromatic carbocycles. The molecule has 1 aliphatic rings. The van der Waals surface area contributed by atoms with Crippen LogP contribution < -0.4 is 10.2 Å². The van der Waals surface area contributed by atoms with Crippen molar-refractivity contribution in [3.8, 4) is 11.1 Å². The summed E-state index contributed by atoms with van der Waals surface area (Å²) >= 11 is 1.41.